The molecule has 1 aromatic heterocycles. The van der Waals surface area contributed by atoms with E-state index in [-0.39, 0.29) is 11.9 Å². The zero-order valence-electron chi connectivity index (χ0n) is 13.3. The predicted octanol–water partition coefficient (Wildman–Crippen LogP) is 1.22. The zero-order chi connectivity index (χ0) is 16.3. The van der Waals surface area contributed by atoms with Crippen molar-refractivity contribution in [1.29, 1.82) is 0 Å². The Morgan fingerprint density at radius 2 is 2.22 bits per heavy atom. The first kappa shape index (κ1) is 16.6. The summed E-state index contributed by atoms with van der Waals surface area (Å²) in [6.07, 6.45) is 6.11. The third kappa shape index (κ3) is 3.81. The van der Waals surface area contributed by atoms with Gasteiger partial charge in [0.25, 0.3) is 0 Å². The van der Waals surface area contributed by atoms with Crippen LogP contribution in [-0.4, -0.2) is 59.8 Å². The first-order chi connectivity index (χ1) is 11.0. The van der Waals surface area contributed by atoms with Gasteiger partial charge in [0, 0.05) is 31.9 Å². The maximum atomic E-state index is 12.3. The van der Waals surface area contributed by atoms with Crippen molar-refractivity contribution in [3.63, 3.8) is 0 Å². The minimum atomic E-state index is -3.19. The molecule has 0 saturated carbocycles. The zero-order valence-corrected chi connectivity index (χ0v) is 14.2. The maximum Gasteiger partial charge on any atom is 0.316 e. The van der Waals surface area contributed by atoms with E-state index in [9.17, 15) is 8.42 Å². The van der Waals surface area contributed by atoms with Crippen molar-refractivity contribution in [1.82, 2.24) is 14.3 Å². The first-order valence-corrected chi connectivity index (χ1v) is 9.69. The van der Waals surface area contributed by atoms with Gasteiger partial charge in [0.1, 0.15) is 6.10 Å². The van der Waals surface area contributed by atoms with E-state index < -0.39 is 15.6 Å². The molecule has 1 spiro atoms. The van der Waals surface area contributed by atoms with Gasteiger partial charge in [-0.15, -0.1) is 0 Å². The number of ether oxygens (including phenoxy) is 2. The van der Waals surface area contributed by atoms with E-state index in [1.165, 1.54) is 0 Å². The summed E-state index contributed by atoms with van der Waals surface area (Å²) in [6, 6.07) is 2.07. The maximum absolute atomic E-state index is 12.3. The average Bonchev–Trinajstić information content (AvgIpc) is 2.90. The molecule has 0 aromatic carbocycles. The fourth-order valence-electron chi connectivity index (χ4n) is 3.34. The highest BCUT2D eigenvalue weighted by Crippen LogP contribution is 2.36. The fraction of sp³-hybridized carbons (Fsp3) is 0.733. The van der Waals surface area contributed by atoms with Crippen LogP contribution in [0, 0.1) is 0 Å². The second kappa shape index (κ2) is 6.70. The van der Waals surface area contributed by atoms with Crippen LogP contribution in [0.3, 0.4) is 0 Å². The minimum absolute atomic E-state index is 0.133. The highest BCUT2D eigenvalue weighted by Gasteiger charge is 2.46. The third-order valence-corrected chi connectivity index (χ3v) is 6.37. The molecular formula is C15H23N3O4S. The Morgan fingerprint density at radius 3 is 2.96 bits per heavy atom. The standard InChI is InChI=1S/C15H23N3O4S/c1-2-9-23(19,20)18-8-3-5-15(12-18)10-13(11-21-15)22-14-16-6-4-7-17-14/h4,6-7,13H,2-3,5,8-12H2,1H3/t13-,15-/m0/s1. The van der Waals surface area contributed by atoms with Gasteiger partial charge in [0.05, 0.1) is 18.0 Å². The number of piperidine rings is 1. The van der Waals surface area contributed by atoms with Crippen molar-refractivity contribution in [3.05, 3.63) is 18.5 Å². The molecule has 0 N–H and O–H groups in total. The summed E-state index contributed by atoms with van der Waals surface area (Å²) in [4.78, 5) is 8.12. The quantitative estimate of drug-likeness (QED) is 0.801. The Labute approximate surface area is 137 Å². The Bertz CT molecular complexity index is 625. The molecule has 2 aliphatic rings. The van der Waals surface area contributed by atoms with E-state index in [2.05, 4.69) is 9.97 Å². The minimum Gasteiger partial charge on any atom is -0.458 e. The molecule has 0 amide bonds. The third-order valence-electron chi connectivity index (χ3n) is 4.35. The lowest BCUT2D eigenvalue weighted by molar-refractivity contribution is -0.0339. The van der Waals surface area contributed by atoms with Gasteiger partial charge >= 0.3 is 6.01 Å². The molecule has 2 aliphatic heterocycles. The van der Waals surface area contributed by atoms with Gasteiger partial charge in [-0.05, 0) is 25.3 Å². The smallest absolute Gasteiger partial charge is 0.316 e. The molecule has 0 aliphatic carbocycles. The molecule has 0 radical (unpaired) electrons. The highest BCUT2D eigenvalue weighted by molar-refractivity contribution is 7.89. The topological polar surface area (TPSA) is 81.6 Å². The molecule has 1 aromatic rings. The molecule has 0 unspecified atom stereocenters. The lowest BCUT2D eigenvalue weighted by atomic mass is 9.90. The second-order valence-electron chi connectivity index (χ2n) is 6.22. The Hall–Kier alpha value is -1.25. The number of rotatable bonds is 5. The van der Waals surface area contributed by atoms with Gasteiger partial charge in [-0.1, -0.05) is 6.92 Å². The van der Waals surface area contributed by atoms with Gasteiger partial charge in [-0.2, -0.15) is 4.31 Å². The van der Waals surface area contributed by atoms with Gasteiger partial charge in [-0.25, -0.2) is 18.4 Å². The van der Waals surface area contributed by atoms with Crippen molar-refractivity contribution in [2.24, 2.45) is 0 Å². The van der Waals surface area contributed by atoms with Crippen LogP contribution in [-0.2, 0) is 14.8 Å². The monoisotopic (exact) mass is 341 g/mol. The number of hydrogen-bond donors (Lipinski definition) is 0. The van der Waals surface area contributed by atoms with Crippen molar-refractivity contribution in [2.75, 3.05) is 25.4 Å². The largest absolute Gasteiger partial charge is 0.458 e. The number of hydrogen-bond acceptors (Lipinski definition) is 6. The van der Waals surface area contributed by atoms with Crippen LogP contribution in [0.1, 0.15) is 32.6 Å². The van der Waals surface area contributed by atoms with E-state index >= 15 is 0 Å². The normalized spacial score (nSPS) is 29.0. The fourth-order valence-corrected chi connectivity index (χ4v) is 4.95. The first-order valence-electron chi connectivity index (χ1n) is 8.08. The van der Waals surface area contributed by atoms with Crippen LogP contribution in [0.25, 0.3) is 0 Å². The van der Waals surface area contributed by atoms with Crippen LogP contribution < -0.4 is 4.74 Å². The van der Waals surface area contributed by atoms with Crippen molar-refractivity contribution >= 4 is 10.0 Å². The average molecular weight is 341 g/mol. The van der Waals surface area contributed by atoms with Crippen LogP contribution in [0.4, 0.5) is 0 Å². The SMILES string of the molecule is CCCS(=O)(=O)N1CCC[C@]2(C[C@H](Oc3ncccn3)CO2)C1. The summed E-state index contributed by atoms with van der Waals surface area (Å²) in [7, 11) is -3.19. The van der Waals surface area contributed by atoms with E-state index in [1.807, 2.05) is 6.92 Å². The lowest BCUT2D eigenvalue weighted by Gasteiger charge is -2.38. The van der Waals surface area contributed by atoms with Gasteiger partial charge in [0.2, 0.25) is 10.0 Å². The highest BCUT2D eigenvalue weighted by atomic mass is 32.2. The number of sulfonamides is 1. The molecule has 128 valence electrons. The molecule has 3 heterocycles. The summed E-state index contributed by atoms with van der Waals surface area (Å²) >= 11 is 0. The molecule has 2 fully saturated rings. The molecule has 0 bridgehead atoms. The van der Waals surface area contributed by atoms with E-state index in [0.29, 0.717) is 38.5 Å². The Kier molecular flexibility index (Phi) is 4.84. The van der Waals surface area contributed by atoms with Crippen molar-refractivity contribution < 1.29 is 17.9 Å². The van der Waals surface area contributed by atoms with Gasteiger partial charge in [0.15, 0.2) is 0 Å². The van der Waals surface area contributed by atoms with Crippen LogP contribution in [0.5, 0.6) is 6.01 Å². The van der Waals surface area contributed by atoms with Crippen LogP contribution in [0.2, 0.25) is 0 Å². The molecular weight excluding hydrogens is 318 g/mol. The van der Waals surface area contributed by atoms with Gasteiger partial charge in [-0.3, -0.25) is 0 Å². The predicted molar refractivity (Wildman–Crippen MR) is 84.6 cm³/mol. The lowest BCUT2D eigenvalue weighted by Crippen LogP contribution is -2.50. The van der Waals surface area contributed by atoms with E-state index in [1.54, 1.807) is 22.8 Å². The van der Waals surface area contributed by atoms with Gasteiger partial charge < -0.3 is 9.47 Å². The number of nitrogens with zero attached hydrogens (tertiary/aromatic N) is 3. The molecule has 8 heteroatoms. The Balaban J connectivity index is 1.64. The van der Waals surface area contributed by atoms with Crippen molar-refractivity contribution in [2.45, 2.75) is 44.3 Å². The molecule has 2 atom stereocenters. The summed E-state index contributed by atoms with van der Waals surface area (Å²) < 4.78 is 38.0. The second-order valence-corrected chi connectivity index (χ2v) is 8.31. The number of aromatic nitrogens is 2. The molecule has 2 saturated heterocycles. The molecule has 23 heavy (non-hydrogen) atoms. The Morgan fingerprint density at radius 1 is 1.43 bits per heavy atom. The van der Waals surface area contributed by atoms with E-state index in [0.717, 1.165) is 12.8 Å². The summed E-state index contributed by atoms with van der Waals surface area (Å²) in [5, 5.41) is 0. The van der Waals surface area contributed by atoms with E-state index in [4.69, 9.17) is 9.47 Å². The molecule has 7 nitrogen and oxygen atoms in total. The van der Waals surface area contributed by atoms with Crippen LogP contribution >= 0.6 is 0 Å². The summed E-state index contributed by atoms with van der Waals surface area (Å²) in [5.41, 5.74) is -0.432. The van der Waals surface area contributed by atoms with Crippen LogP contribution in [0.15, 0.2) is 18.5 Å². The summed E-state index contributed by atoms with van der Waals surface area (Å²) in [5.74, 6) is 0.195. The molecule has 3 rings (SSSR count). The summed E-state index contributed by atoms with van der Waals surface area (Å²) in [6.45, 7) is 3.33. The van der Waals surface area contributed by atoms with Crippen molar-refractivity contribution in [3.8, 4) is 6.01 Å².